The molecule has 0 bridgehead atoms. The molecule has 1 aromatic rings. The predicted octanol–water partition coefficient (Wildman–Crippen LogP) is 3.42. The molecule has 14 heavy (non-hydrogen) atoms. The molecule has 1 heteroatoms. The second-order valence-electron chi connectivity index (χ2n) is 4.47. The monoisotopic (exact) mass is 190 g/mol. The third-order valence-corrected chi connectivity index (χ3v) is 3.14. The predicted molar refractivity (Wildman–Crippen MR) is 58.1 cm³/mol. The number of rotatable bonds is 2. The Bertz CT molecular complexity index is 279. The van der Waals surface area contributed by atoms with E-state index in [-0.39, 0.29) is 0 Å². The van der Waals surface area contributed by atoms with Gasteiger partial charge in [-0.1, -0.05) is 44.2 Å². The van der Waals surface area contributed by atoms with Gasteiger partial charge in [0.1, 0.15) is 0 Å². The number of hydrogen-bond donors (Lipinski definition) is 0. The molecular weight excluding hydrogens is 172 g/mol. The van der Waals surface area contributed by atoms with E-state index < -0.39 is 0 Å². The minimum Gasteiger partial charge on any atom is -0.373 e. The van der Waals surface area contributed by atoms with Crippen LogP contribution in [0.15, 0.2) is 30.3 Å². The Morgan fingerprint density at radius 3 is 2.50 bits per heavy atom. The van der Waals surface area contributed by atoms with E-state index in [0.29, 0.717) is 6.10 Å². The van der Waals surface area contributed by atoms with Crippen molar-refractivity contribution in [3.63, 3.8) is 0 Å². The van der Waals surface area contributed by atoms with Gasteiger partial charge in [-0.2, -0.15) is 0 Å². The van der Waals surface area contributed by atoms with Gasteiger partial charge in [-0.05, 0) is 23.8 Å². The zero-order valence-corrected chi connectivity index (χ0v) is 8.94. The summed E-state index contributed by atoms with van der Waals surface area (Å²) in [5.41, 5.74) is 1.33. The molecule has 0 saturated carbocycles. The first-order chi connectivity index (χ1) is 6.77. The molecule has 2 atom stereocenters. The Labute approximate surface area is 86.1 Å². The third-order valence-electron chi connectivity index (χ3n) is 3.14. The second kappa shape index (κ2) is 4.14. The highest BCUT2D eigenvalue weighted by Crippen LogP contribution is 2.35. The number of hydrogen-bond acceptors (Lipinski definition) is 1. The zero-order chi connectivity index (χ0) is 9.97. The van der Waals surface area contributed by atoms with E-state index in [1.165, 1.54) is 12.0 Å². The van der Waals surface area contributed by atoms with Crippen molar-refractivity contribution in [2.45, 2.75) is 26.4 Å². The van der Waals surface area contributed by atoms with Crippen molar-refractivity contribution in [3.8, 4) is 0 Å². The highest BCUT2D eigenvalue weighted by Gasteiger charge is 2.28. The summed E-state index contributed by atoms with van der Waals surface area (Å²) in [7, 11) is 0. The summed E-state index contributed by atoms with van der Waals surface area (Å²) < 4.78 is 5.81. The van der Waals surface area contributed by atoms with Gasteiger partial charge in [0.2, 0.25) is 0 Å². The van der Waals surface area contributed by atoms with E-state index in [9.17, 15) is 0 Å². The normalized spacial score (nSPS) is 27.1. The van der Waals surface area contributed by atoms with Crippen LogP contribution in [0.5, 0.6) is 0 Å². The Kier molecular flexibility index (Phi) is 2.87. The van der Waals surface area contributed by atoms with Gasteiger partial charge in [-0.25, -0.2) is 0 Å². The van der Waals surface area contributed by atoms with Crippen molar-refractivity contribution in [2.24, 2.45) is 11.8 Å². The molecule has 1 heterocycles. The van der Waals surface area contributed by atoms with E-state index in [2.05, 4.69) is 44.2 Å². The van der Waals surface area contributed by atoms with Gasteiger partial charge in [0.15, 0.2) is 0 Å². The maximum atomic E-state index is 5.81. The minimum atomic E-state index is 0.337. The molecule has 0 aromatic heterocycles. The summed E-state index contributed by atoms with van der Waals surface area (Å²) in [4.78, 5) is 0. The van der Waals surface area contributed by atoms with Gasteiger partial charge in [0.25, 0.3) is 0 Å². The highest BCUT2D eigenvalue weighted by molar-refractivity contribution is 5.18. The SMILES string of the molecule is CC(C)[C@H]1CO[C@@H](c2ccccc2)C1. The van der Waals surface area contributed by atoms with Crippen molar-refractivity contribution in [3.05, 3.63) is 35.9 Å². The van der Waals surface area contributed by atoms with Crippen LogP contribution in [0.1, 0.15) is 31.9 Å². The van der Waals surface area contributed by atoms with Crippen LogP contribution in [0, 0.1) is 11.8 Å². The summed E-state index contributed by atoms with van der Waals surface area (Å²) in [6, 6.07) is 10.5. The summed E-state index contributed by atoms with van der Waals surface area (Å²) in [5.74, 6) is 1.48. The van der Waals surface area contributed by atoms with Gasteiger partial charge in [-0.15, -0.1) is 0 Å². The van der Waals surface area contributed by atoms with Gasteiger partial charge in [0.05, 0.1) is 12.7 Å². The van der Waals surface area contributed by atoms with Gasteiger partial charge in [-0.3, -0.25) is 0 Å². The second-order valence-corrected chi connectivity index (χ2v) is 4.47. The molecule has 76 valence electrons. The highest BCUT2D eigenvalue weighted by atomic mass is 16.5. The quantitative estimate of drug-likeness (QED) is 0.694. The summed E-state index contributed by atoms with van der Waals surface area (Å²) >= 11 is 0. The molecule has 0 radical (unpaired) electrons. The fourth-order valence-corrected chi connectivity index (χ4v) is 2.02. The summed E-state index contributed by atoms with van der Waals surface area (Å²) in [6.45, 7) is 5.49. The number of ether oxygens (including phenoxy) is 1. The first-order valence-corrected chi connectivity index (χ1v) is 5.44. The van der Waals surface area contributed by atoms with Crippen molar-refractivity contribution in [1.29, 1.82) is 0 Å². The van der Waals surface area contributed by atoms with Crippen LogP contribution in [0.4, 0.5) is 0 Å². The smallest absolute Gasteiger partial charge is 0.0828 e. The fraction of sp³-hybridized carbons (Fsp3) is 0.538. The largest absolute Gasteiger partial charge is 0.373 e. The summed E-state index contributed by atoms with van der Waals surface area (Å²) in [6.07, 6.45) is 1.52. The van der Waals surface area contributed by atoms with E-state index in [1.807, 2.05) is 0 Å². The Morgan fingerprint density at radius 2 is 1.93 bits per heavy atom. The van der Waals surface area contributed by atoms with Crippen molar-refractivity contribution >= 4 is 0 Å². The van der Waals surface area contributed by atoms with E-state index in [0.717, 1.165) is 18.4 Å². The molecule has 1 aromatic carbocycles. The van der Waals surface area contributed by atoms with E-state index in [4.69, 9.17) is 4.74 Å². The average Bonchev–Trinajstić information content (AvgIpc) is 2.68. The lowest BCUT2D eigenvalue weighted by Gasteiger charge is -2.12. The van der Waals surface area contributed by atoms with Crippen LogP contribution in [0.25, 0.3) is 0 Å². The topological polar surface area (TPSA) is 9.23 Å². The molecule has 1 fully saturated rings. The molecule has 1 aliphatic heterocycles. The third kappa shape index (κ3) is 1.98. The first-order valence-electron chi connectivity index (χ1n) is 5.44. The average molecular weight is 190 g/mol. The maximum absolute atomic E-state index is 5.81. The summed E-state index contributed by atoms with van der Waals surface area (Å²) in [5, 5.41) is 0. The maximum Gasteiger partial charge on any atom is 0.0828 e. The molecule has 0 unspecified atom stereocenters. The van der Waals surface area contributed by atoms with Crippen molar-refractivity contribution in [2.75, 3.05) is 6.61 Å². The van der Waals surface area contributed by atoms with Gasteiger partial charge >= 0.3 is 0 Å². The minimum absolute atomic E-state index is 0.337. The molecule has 1 saturated heterocycles. The molecule has 0 aliphatic carbocycles. The van der Waals surface area contributed by atoms with Gasteiger partial charge < -0.3 is 4.74 Å². The Morgan fingerprint density at radius 1 is 1.21 bits per heavy atom. The molecule has 2 rings (SSSR count). The lowest BCUT2D eigenvalue weighted by molar-refractivity contribution is 0.104. The van der Waals surface area contributed by atoms with Crippen LogP contribution < -0.4 is 0 Å². The van der Waals surface area contributed by atoms with E-state index >= 15 is 0 Å². The van der Waals surface area contributed by atoms with E-state index in [1.54, 1.807) is 0 Å². The molecule has 1 nitrogen and oxygen atoms in total. The lowest BCUT2D eigenvalue weighted by Crippen LogP contribution is -2.07. The molecule has 0 N–H and O–H groups in total. The van der Waals surface area contributed by atoms with Crippen LogP contribution >= 0.6 is 0 Å². The van der Waals surface area contributed by atoms with Crippen LogP contribution in [-0.4, -0.2) is 6.61 Å². The first kappa shape index (κ1) is 9.72. The zero-order valence-electron chi connectivity index (χ0n) is 8.94. The standard InChI is InChI=1S/C13H18O/c1-10(2)12-8-13(14-9-12)11-6-4-3-5-7-11/h3-7,10,12-13H,8-9H2,1-2H3/t12-,13-/m1/s1. The van der Waals surface area contributed by atoms with Crippen LogP contribution in [0.3, 0.4) is 0 Å². The van der Waals surface area contributed by atoms with Crippen LogP contribution in [0.2, 0.25) is 0 Å². The molecule has 0 spiro atoms. The molecule has 1 aliphatic rings. The van der Waals surface area contributed by atoms with Crippen LogP contribution in [-0.2, 0) is 4.74 Å². The molecular formula is C13H18O. The Balaban J connectivity index is 2.03. The Hall–Kier alpha value is -0.820. The number of benzene rings is 1. The fourth-order valence-electron chi connectivity index (χ4n) is 2.02. The van der Waals surface area contributed by atoms with Gasteiger partial charge in [0, 0.05) is 0 Å². The molecule has 0 amide bonds. The van der Waals surface area contributed by atoms with Crippen molar-refractivity contribution in [1.82, 2.24) is 0 Å². The lowest BCUT2D eigenvalue weighted by atomic mass is 9.91. The van der Waals surface area contributed by atoms with Crippen molar-refractivity contribution < 1.29 is 4.74 Å².